The van der Waals surface area contributed by atoms with Crippen LogP contribution in [0.1, 0.15) is 11.1 Å². The van der Waals surface area contributed by atoms with Crippen molar-refractivity contribution in [3.63, 3.8) is 0 Å². The minimum Gasteiger partial charge on any atom is -0.493 e. The van der Waals surface area contributed by atoms with Crippen molar-refractivity contribution in [3.8, 4) is 11.5 Å². The molecule has 0 amide bonds. The summed E-state index contributed by atoms with van der Waals surface area (Å²) in [5, 5.41) is 0.669. The number of ether oxygens (including phenoxy) is 2. The van der Waals surface area contributed by atoms with Gasteiger partial charge in [-0.1, -0.05) is 23.2 Å². The van der Waals surface area contributed by atoms with E-state index in [1.165, 1.54) is 18.0 Å². The van der Waals surface area contributed by atoms with Crippen molar-refractivity contribution in [2.45, 2.75) is 13.0 Å². The first kappa shape index (κ1) is 14.2. The molecule has 0 fully saturated rings. The van der Waals surface area contributed by atoms with E-state index < -0.39 is 0 Å². The number of rotatable bonds is 3. The van der Waals surface area contributed by atoms with Crippen LogP contribution in [0.25, 0.3) is 0 Å². The van der Waals surface area contributed by atoms with Crippen LogP contribution in [0.4, 0.5) is 0 Å². The Balaban J connectivity index is 2.04. The van der Waals surface area contributed by atoms with Crippen molar-refractivity contribution in [2.24, 2.45) is 0 Å². The van der Waals surface area contributed by atoms with Crippen LogP contribution in [-0.4, -0.2) is 23.3 Å². The third kappa shape index (κ3) is 2.59. The number of aromatic nitrogens is 2. The van der Waals surface area contributed by atoms with Gasteiger partial charge in [-0.25, -0.2) is 4.98 Å². The molecule has 0 unspecified atom stereocenters. The van der Waals surface area contributed by atoms with E-state index in [0.29, 0.717) is 18.2 Å². The van der Waals surface area contributed by atoms with Gasteiger partial charge in [-0.15, -0.1) is 0 Å². The fourth-order valence-electron chi connectivity index (χ4n) is 2.38. The lowest BCUT2D eigenvalue weighted by molar-refractivity contribution is 0.352. The fourth-order valence-corrected chi connectivity index (χ4v) is 2.85. The highest BCUT2D eigenvalue weighted by Gasteiger charge is 2.19. The van der Waals surface area contributed by atoms with Crippen molar-refractivity contribution in [1.82, 2.24) is 9.55 Å². The number of nitrogens with zero attached hydrogens (tertiary/aromatic N) is 2. The molecule has 2 aromatic rings. The lowest BCUT2D eigenvalue weighted by Crippen LogP contribution is -2.22. The Bertz CT molecular complexity index is 759. The molecular formula is C14H12Cl2N2O3. The van der Waals surface area contributed by atoms with Gasteiger partial charge in [-0.2, -0.15) is 0 Å². The van der Waals surface area contributed by atoms with Crippen molar-refractivity contribution in [3.05, 3.63) is 50.1 Å². The largest absolute Gasteiger partial charge is 0.493 e. The molecule has 2 heterocycles. The number of methoxy groups -OCH3 is 1. The van der Waals surface area contributed by atoms with E-state index in [1.54, 1.807) is 6.07 Å². The molecule has 110 valence electrons. The van der Waals surface area contributed by atoms with Gasteiger partial charge in [0.05, 0.1) is 26.6 Å². The van der Waals surface area contributed by atoms with Crippen molar-refractivity contribution in [2.75, 3.05) is 13.7 Å². The molecule has 0 spiro atoms. The number of hydrogen-bond acceptors (Lipinski definition) is 4. The summed E-state index contributed by atoms with van der Waals surface area (Å²) >= 11 is 11.9. The van der Waals surface area contributed by atoms with Crippen LogP contribution < -0.4 is 15.0 Å². The van der Waals surface area contributed by atoms with Gasteiger partial charge in [-0.3, -0.25) is 9.36 Å². The molecule has 21 heavy (non-hydrogen) atoms. The van der Waals surface area contributed by atoms with Crippen LogP contribution in [-0.2, 0) is 13.0 Å². The van der Waals surface area contributed by atoms with Crippen LogP contribution in [0.3, 0.4) is 0 Å². The summed E-state index contributed by atoms with van der Waals surface area (Å²) in [5.74, 6) is 0.818. The predicted octanol–water partition coefficient (Wildman–Crippen LogP) is 2.54. The summed E-state index contributed by atoms with van der Waals surface area (Å²) in [4.78, 5) is 16.2. The Hall–Kier alpha value is -1.72. The molecule has 0 N–H and O–H groups in total. The van der Waals surface area contributed by atoms with Crippen LogP contribution in [0.5, 0.6) is 11.5 Å². The maximum Gasteiger partial charge on any atom is 0.297 e. The molecule has 0 atom stereocenters. The Labute approximate surface area is 131 Å². The Kier molecular flexibility index (Phi) is 3.78. The number of hydrogen-bond donors (Lipinski definition) is 0. The summed E-state index contributed by atoms with van der Waals surface area (Å²) in [6, 6.07) is 3.68. The van der Waals surface area contributed by atoms with Crippen molar-refractivity contribution in [1.29, 1.82) is 0 Å². The van der Waals surface area contributed by atoms with Gasteiger partial charge in [0.15, 0.2) is 5.15 Å². The van der Waals surface area contributed by atoms with Gasteiger partial charge in [0, 0.05) is 17.0 Å². The van der Waals surface area contributed by atoms with Crippen LogP contribution in [0, 0.1) is 0 Å². The summed E-state index contributed by atoms with van der Waals surface area (Å²) < 4.78 is 12.0. The second-order valence-corrected chi connectivity index (χ2v) is 5.45. The summed E-state index contributed by atoms with van der Waals surface area (Å²) in [6.45, 7) is 0.919. The summed E-state index contributed by atoms with van der Waals surface area (Å²) in [7, 11) is 1.38. The van der Waals surface area contributed by atoms with E-state index in [1.807, 2.05) is 6.07 Å². The first-order valence-electron chi connectivity index (χ1n) is 6.33. The fraction of sp³-hybridized carbons (Fsp3) is 0.286. The zero-order valence-corrected chi connectivity index (χ0v) is 12.7. The third-order valence-corrected chi connectivity index (χ3v) is 3.81. The minimum atomic E-state index is -0.343. The van der Waals surface area contributed by atoms with Gasteiger partial charge in [0.2, 0.25) is 5.75 Å². The minimum absolute atomic E-state index is 0.0266. The van der Waals surface area contributed by atoms with Crippen molar-refractivity contribution < 1.29 is 9.47 Å². The van der Waals surface area contributed by atoms with E-state index in [4.69, 9.17) is 32.7 Å². The smallest absolute Gasteiger partial charge is 0.297 e. The van der Waals surface area contributed by atoms with E-state index in [9.17, 15) is 4.79 Å². The predicted molar refractivity (Wildman–Crippen MR) is 79.8 cm³/mol. The molecule has 3 rings (SSSR count). The van der Waals surface area contributed by atoms with E-state index in [-0.39, 0.29) is 16.5 Å². The SMILES string of the molecule is COc1c(Cl)ncn(Cc2cc(Cl)cc3c2OCC3)c1=O. The summed E-state index contributed by atoms with van der Waals surface area (Å²) in [6.07, 6.45) is 2.20. The first-order chi connectivity index (χ1) is 10.1. The highest BCUT2D eigenvalue weighted by atomic mass is 35.5. The lowest BCUT2D eigenvalue weighted by Gasteiger charge is -2.12. The lowest BCUT2D eigenvalue weighted by atomic mass is 10.1. The van der Waals surface area contributed by atoms with Gasteiger partial charge in [0.25, 0.3) is 5.56 Å². The molecule has 0 saturated carbocycles. The van der Waals surface area contributed by atoms with E-state index in [2.05, 4.69) is 4.98 Å². The zero-order chi connectivity index (χ0) is 15.0. The molecule has 0 bridgehead atoms. The molecule has 0 saturated heterocycles. The zero-order valence-electron chi connectivity index (χ0n) is 11.2. The molecule has 1 aromatic heterocycles. The average molecular weight is 327 g/mol. The Morgan fingerprint density at radius 2 is 2.24 bits per heavy atom. The quantitative estimate of drug-likeness (QED) is 0.813. The number of halogens is 2. The van der Waals surface area contributed by atoms with Gasteiger partial charge >= 0.3 is 0 Å². The highest BCUT2D eigenvalue weighted by molar-refractivity contribution is 6.31. The Morgan fingerprint density at radius 3 is 3.00 bits per heavy atom. The topological polar surface area (TPSA) is 53.4 Å². The maximum absolute atomic E-state index is 12.2. The number of fused-ring (bicyclic) bond motifs is 1. The molecule has 5 nitrogen and oxygen atoms in total. The third-order valence-electron chi connectivity index (χ3n) is 3.32. The molecule has 0 aliphatic carbocycles. The van der Waals surface area contributed by atoms with Gasteiger partial charge in [0.1, 0.15) is 5.75 Å². The Morgan fingerprint density at radius 1 is 1.43 bits per heavy atom. The maximum atomic E-state index is 12.2. The highest BCUT2D eigenvalue weighted by Crippen LogP contribution is 2.33. The molecule has 7 heteroatoms. The number of benzene rings is 1. The molecule has 1 aliphatic rings. The second kappa shape index (κ2) is 5.58. The first-order valence-corrected chi connectivity index (χ1v) is 7.08. The molecule has 0 radical (unpaired) electrons. The normalized spacial score (nSPS) is 12.9. The van der Waals surface area contributed by atoms with E-state index >= 15 is 0 Å². The molecule has 1 aliphatic heterocycles. The van der Waals surface area contributed by atoms with E-state index in [0.717, 1.165) is 23.3 Å². The summed E-state index contributed by atoms with van der Waals surface area (Å²) in [5.41, 5.74) is 1.55. The molecular weight excluding hydrogens is 315 g/mol. The van der Waals surface area contributed by atoms with Crippen LogP contribution >= 0.6 is 23.2 Å². The second-order valence-electron chi connectivity index (χ2n) is 4.65. The van der Waals surface area contributed by atoms with Gasteiger partial charge in [-0.05, 0) is 17.7 Å². The monoisotopic (exact) mass is 326 g/mol. The van der Waals surface area contributed by atoms with Crippen molar-refractivity contribution >= 4 is 23.2 Å². The van der Waals surface area contributed by atoms with Gasteiger partial charge < -0.3 is 9.47 Å². The molecule has 1 aromatic carbocycles. The van der Waals surface area contributed by atoms with Crippen LogP contribution in [0.2, 0.25) is 10.2 Å². The average Bonchev–Trinajstić information content (AvgIpc) is 2.90. The standard InChI is InChI=1S/C14H12Cl2N2O3/c1-20-12-13(16)17-7-18(14(12)19)6-9-5-10(15)4-8-2-3-21-11(8)9/h4-5,7H,2-3,6H2,1H3. The van der Waals surface area contributed by atoms with Crippen LogP contribution in [0.15, 0.2) is 23.3 Å².